The number of nitrogens with two attached hydrogens (primary N) is 1. The predicted octanol–water partition coefficient (Wildman–Crippen LogP) is 0.947. The molecule has 1 fully saturated rings. The molecule has 0 spiro atoms. The monoisotopic (exact) mass is 236 g/mol. The van der Waals surface area contributed by atoms with Gasteiger partial charge >= 0.3 is 0 Å². The molecule has 1 aliphatic rings. The Kier molecular flexibility index (Phi) is 3.47. The van der Waals surface area contributed by atoms with Crippen molar-refractivity contribution in [1.82, 2.24) is 9.55 Å². The van der Waals surface area contributed by atoms with Crippen molar-refractivity contribution in [3.05, 3.63) is 22.7 Å². The van der Waals surface area contributed by atoms with Crippen molar-refractivity contribution in [2.24, 2.45) is 5.73 Å². The average Bonchev–Trinajstić information content (AvgIpc) is 2.28. The van der Waals surface area contributed by atoms with E-state index in [1.54, 1.807) is 17.0 Å². The number of rotatable bonds is 5. The summed E-state index contributed by atoms with van der Waals surface area (Å²) in [7, 11) is 0. The van der Waals surface area contributed by atoms with Crippen LogP contribution in [0.3, 0.4) is 0 Å². The van der Waals surface area contributed by atoms with Crippen molar-refractivity contribution in [3.63, 3.8) is 0 Å². The third kappa shape index (κ3) is 2.34. The summed E-state index contributed by atoms with van der Waals surface area (Å²) in [4.78, 5) is 16.2. The smallest absolute Gasteiger partial charge is 0.293 e. The molecule has 17 heavy (non-hydrogen) atoms. The van der Waals surface area contributed by atoms with Crippen molar-refractivity contribution < 1.29 is 0 Å². The van der Waals surface area contributed by atoms with Crippen LogP contribution in [0.4, 0.5) is 5.82 Å². The molecule has 0 saturated heterocycles. The lowest BCUT2D eigenvalue weighted by Gasteiger charge is -2.41. The molecular weight excluding hydrogens is 216 g/mol. The Morgan fingerprint density at radius 1 is 1.59 bits per heavy atom. The molecule has 2 rings (SSSR count). The van der Waals surface area contributed by atoms with E-state index in [4.69, 9.17) is 5.73 Å². The van der Waals surface area contributed by atoms with Gasteiger partial charge in [-0.3, -0.25) is 4.79 Å². The zero-order valence-electron chi connectivity index (χ0n) is 10.3. The Morgan fingerprint density at radius 3 is 2.88 bits per heavy atom. The fourth-order valence-electron chi connectivity index (χ4n) is 2.18. The van der Waals surface area contributed by atoms with Crippen LogP contribution in [0.5, 0.6) is 0 Å². The van der Waals surface area contributed by atoms with Gasteiger partial charge in [0.25, 0.3) is 5.56 Å². The van der Waals surface area contributed by atoms with Gasteiger partial charge in [-0.05, 0) is 25.7 Å². The summed E-state index contributed by atoms with van der Waals surface area (Å²) in [5.41, 5.74) is 5.62. The molecule has 0 aliphatic heterocycles. The Bertz CT molecular complexity index is 431. The molecule has 1 saturated carbocycles. The van der Waals surface area contributed by atoms with E-state index in [1.807, 2.05) is 6.92 Å². The van der Waals surface area contributed by atoms with Crippen LogP contribution < -0.4 is 16.6 Å². The lowest BCUT2D eigenvalue weighted by Crippen LogP contribution is -2.52. The fourth-order valence-corrected chi connectivity index (χ4v) is 2.18. The maximum Gasteiger partial charge on any atom is 0.293 e. The summed E-state index contributed by atoms with van der Waals surface area (Å²) in [6.07, 6.45) is 7.54. The minimum Gasteiger partial charge on any atom is -0.359 e. The number of hydrogen-bond acceptors (Lipinski definition) is 4. The second-order valence-corrected chi connectivity index (χ2v) is 4.74. The van der Waals surface area contributed by atoms with Crippen LogP contribution in [-0.4, -0.2) is 21.6 Å². The van der Waals surface area contributed by atoms with E-state index in [0.29, 0.717) is 12.4 Å². The summed E-state index contributed by atoms with van der Waals surface area (Å²) in [6, 6.07) is 0. The van der Waals surface area contributed by atoms with Gasteiger partial charge in [-0.2, -0.15) is 0 Å². The van der Waals surface area contributed by atoms with Crippen LogP contribution in [0.1, 0.15) is 32.6 Å². The summed E-state index contributed by atoms with van der Waals surface area (Å²) < 4.78 is 1.69. The summed E-state index contributed by atoms with van der Waals surface area (Å²) >= 11 is 0. The highest BCUT2D eigenvalue weighted by Gasteiger charge is 2.36. The highest BCUT2D eigenvalue weighted by Crippen LogP contribution is 2.33. The number of aryl methyl sites for hydroxylation is 1. The number of nitrogens with one attached hydrogen (secondary N) is 1. The van der Waals surface area contributed by atoms with Gasteiger partial charge in [0, 0.05) is 25.5 Å². The first-order valence-electron chi connectivity index (χ1n) is 6.24. The van der Waals surface area contributed by atoms with Gasteiger partial charge in [-0.15, -0.1) is 0 Å². The Balaban J connectivity index is 2.21. The lowest BCUT2D eigenvalue weighted by molar-refractivity contribution is 0.286. The predicted molar refractivity (Wildman–Crippen MR) is 68.0 cm³/mol. The molecule has 0 unspecified atom stereocenters. The molecular formula is C12H20N4O. The third-order valence-electron chi connectivity index (χ3n) is 3.46. The van der Waals surface area contributed by atoms with E-state index < -0.39 is 0 Å². The maximum absolute atomic E-state index is 12.1. The van der Waals surface area contributed by atoms with E-state index in [-0.39, 0.29) is 11.1 Å². The van der Waals surface area contributed by atoms with Gasteiger partial charge in [-0.1, -0.05) is 6.92 Å². The summed E-state index contributed by atoms with van der Waals surface area (Å²) in [6.45, 7) is 3.33. The van der Waals surface area contributed by atoms with Crippen molar-refractivity contribution in [3.8, 4) is 0 Å². The van der Waals surface area contributed by atoms with Gasteiger partial charge in [0.05, 0.1) is 5.54 Å². The molecule has 0 aromatic carbocycles. The largest absolute Gasteiger partial charge is 0.359 e. The van der Waals surface area contributed by atoms with Crippen LogP contribution in [0, 0.1) is 0 Å². The maximum atomic E-state index is 12.1. The van der Waals surface area contributed by atoms with Crippen LogP contribution in [0.15, 0.2) is 17.2 Å². The molecule has 0 amide bonds. The van der Waals surface area contributed by atoms with E-state index in [9.17, 15) is 4.79 Å². The molecule has 0 bridgehead atoms. The highest BCUT2D eigenvalue weighted by molar-refractivity contribution is 5.36. The number of anilines is 1. The normalized spacial score (nSPS) is 17.5. The number of hydrogen-bond donors (Lipinski definition) is 2. The van der Waals surface area contributed by atoms with Crippen LogP contribution in [-0.2, 0) is 6.54 Å². The highest BCUT2D eigenvalue weighted by atomic mass is 16.1. The standard InChI is InChI=1S/C12H20N4O/c1-2-7-16-8-6-14-10(11(16)17)15-12(9-13)4-3-5-12/h6,8H,2-5,7,9,13H2,1H3,(H,14,15). The van der Waals surface area contributed by atoms with E-state index in [1.165, 1.54) is 6.42 Å². The SMILES string of the molecule is CCCn1ccnc(NC2(CN)CCC2)c1=O. The van der Waals surface area contributed by atoms with Gasteiger partial charge in [-0.25, -0.2) is 4.98 Å². The lowest BCUT2D eigenvalue weighted by atomic mass is 9.77. The quantitative estimate of drug-likeness (QED) is 0.798. The molecule has 0 radical (unpaired) electrons. The van der Waals surface area contributed by atoms with Crippen LogP contribution in [0.2, 0.25) is 0 Å². The van der Waals surface area contributed by atoms with Crippen molar-refractivity contribution in [1.29, 1.82) is 0 Å². The van der Waals surface area contributed by atoms with Gasteiger partial charge in [0.2, 0.25) is 0 Å². The van der Waals surface area contributed by atoms with Crippen molar-refractivity contribution in [2.45, 2.75) is 44.7 Å². The second-order valence-electron chi connectivity index (χ2n) is 4.74. The summed E-state index contributed by atoms with van der Waals surface area (Å²) in [5, 5.41) is 3.24. The first kappa shape index (κ1) is 12.1. The van der Waals surface area contributed by atoms with E-state index in [0.717, 1.165) is 25.8 Å². The third-order valence-corrected chi connectivity index (χ3v) is 3.46. The molecule has 0 atom stereocenters. The topological polar surface area (TPSA) is 72.9 Å². The molecule has 3 N–H and O–H groups in total. The minimum atomic E-state index is -0.0996. The second kappa shape index (κ2) is 4.87. The summed E-state index contributed by atoms with van der Waals surface area (Å²) in [5.74, 6) is 0.436. The first-order valence-corrected chi connectivity index (χ1v) is 6.24. The minimum absolute atomic E-state index is 0.0472. The van der Waals surface area contributed by atoms with Crippen molar-refractivity contribution in [2.75, 3.05) is 11.9 Å². The molecule has 94 valence electrons. The first-order chi connectivity index (χ1) is 8.21. The Morgan fingerprint density at radius 2 is 2.35 bits per heavy atom. The Hall–Kier alpha value is -1.36. The zero-order valence-corrected chi connectivity index (χ0v) is 10.3. The van der Waals surface area contributed by atoms with Crippen molar-refractivity contribution >= 4 is 5.82 Å². The molecule has 1 aromatic heterocycles. The van der Waals surface area contributed by atoms with Gasteiger partial charge in [0.15, 0.2) is 5.82 Å². The average molecular weight is 236 g/mol. The molecule has 1 heterocycles. The molecule has 5 heteroatoms. The van der Waals surface area contributed by atoms with E-state index >= 15 is 0 Å². The van der Waals surface area contributed by atoms with E-state index in [2.05, 4.69) is 10.3 Å². The van der Waals surface area contributed by atoms with Crippen LogP contribution >= 0.6 is 0 Å². The molecule has 5 nitrogen and oxygen atoms in total. The zero-order chi connectivity index (χ0) is 12.3. The number of aromatic nitrogens is 2. The Labute approximate surface area is 101 Å². The van der Waals surface area contributed by atoms with Gasteiger partial charge in [0.1, 0.15) is 0 Å². The molecule has 1 aromatic rings. The van der Waals surface area contributed by atoms with Crippen LogP contribution in [0.25, 0.3) is 0 Å². The fraction of sp³-hybridized carbons (Fsp3) is 0.667. The molecule has 1 aliphatic carbocycles. The number of nitrogens with zero attached hydrogens (tertiary/aromatic N) is 2. The van der Waals surface area contributed by atoms with Gasteiger partial charge < -0.3 is 15.6 Å².